The molecule has 3 heterocycles. The molecule has 0 bridgehead atoms. The Morgan fingerprint density at radius 1 is 1.57 bits per heavy atom. The van der Waals surface area contributed by atoms with Crippen molar-refractivity contribution in [2.24, 2.45) is 0 Å². The topological polar surface area (TPSA) is 74.9 Å². The molecule has 6 heteroatoms. The zero-order chi connectivity index (χ0) is 14.8. The molecule has 2 atom stereocenters. The van der Waals surface area contributed by atoms with Gasteiger partial charge in [0.15, 0.2) is 0 Å². The minimum absolute atomic E-state index is 0.203. The highest BCUT2D eigenvalue weighted by atomic mass is 16.5. The van der Waals surface area contributed by atoms with E-state index in [4.69, 9.17) is 14.3 Å². The van der Waals surface area contributed by atoms with E-state index in [1.807, 2.05) is 0 Å². The predicted octanol–water partition coefficient (Wildman–Crippen LogP) is 1.24. The second kappa shape index (κ2) is 6.17. The van der Waals surface area contributed by atoms with Crippen molar-refractivity contribution in [1.82, 2.24) is 10.2 Å². The highest BCUT2D eigenvalue weighted by Crippen LogP contribution is 2.22. The van der Waals surface area contributed by atoms with E-state index >= 15 is 0 Å². The zero-order valence-electron chi connectivity index (χ0n) is 12.3. The number of rotatable bonds is 5. The number of aryl methyl sites for hydroxylation is 1. The summed E-state index contributed by atoms with van der Waals surface area (Å²) in [4.78, 5) is 13.5. The van der Waals surface area contributed by atoms with Gasteiger partial charge >= 0.3 is 5.97 Å². The molecule has 2 aliphatic heterocycles. The quantitative estimate of drug-likeness (QED) is 0.851. The highest BCUT2D eigenvalue weighted by molar-refractivity contribution is 5.88. The number of hydrogen-bond donors (Lipinski definition) is 2. The van der Waals surface area contributed by atoms with Crippen LogP contribution in [0.5, 0.6) is 0 Å². The van der Waals surface area contributed by atoms with Crippen LogP contribution in [-0.4, -0.2) is 54.4 Å². The van der Waals surface area contributed by atoms with Gasteiger partial charge in [-0.25, -0.2) is 4.79 Å². The normalized spacial score (nSPS) is 26.0. The lowest BCUT2D eigenvalue weighted by Gasteiger charge is -2.35. The van der Waals surface area contributed by atoms with Gasteiger partial charge in [0.05, 0.1) is 19.3 Å². The van der Waals surface area contributed by atoms with E-state index in [2.05, 4.69) is 10.2 Å². The van der Waals surface area contributed by atoms with Crippen molar-refractivity contribution in [3.8, 4) is 0 Å². The van der Waals surface area contributed by atoms with Gasteiger partial charge in [0.2, 0.25) is 0 Å². The van der Waals surface area contributed by atoms with E-state index in [9.17, 15) is 4.79 Å². The number of ether oxygens (including phenoxy) is 1. The summed E-state index contributed by atoms with van der Waals surface area (Å²) in [6, 6.07) is 2.20. The van der Waals surface area contributed by atoms with Gasteiger partial charge in [-0.2, -0.15) is 0 Å². The van der Waals surface area contributed by atoms with Gasteiger partial charge in [0.1, 0.15) is 17.1 Å². The maximum Gasteiger partial charge on any atom is 0.339 e. The first-order valence-electron chi connectivity index (χ1n) is 7.52. The molecule has 2 N–H and O–H groups in total. The van der Waals surface area contributed by atoms with Crippen LogP contribution in [0.1, 0.15) is 34.7 Å². The van der Waals surface area contributed by atoms with Gasteiger partial charge in [-0.1, -0.05) is 0 Å². The highest BCUT2D eigenvalue weighted by Gasteiger charge is 2.31. The molecular weight excluding hydrogens is 272 g/mol. The number of carboxylic acid groups (broad SMARTS) is 1. The summed E-state index contributed by atoms with van der Waals surface area (Å²) in [7, 11) is 0. The summed E-state index contributed by atoms with van der Waals surface area (Å²) in [5.41, 5.74) is 0.237. The second-order valence-electron chi connectivity index (χ2n) is 5.86. The molecule has 0 aromatic carbocycles. The molecule has 3 rings (SSSR count). The number of carbonyl (C=O) groups is 1. The number of carboxylic acids is 1. The lowest BCUT2D eigenvalue weighted by molar-refractivity contribution is -0.0471. The summed E-state index contributed by atoms with van der Waals surface area (Å²) in [5, 5.41) is 12.3. The third-order valence-corrected chi connectivity index (χ3v) is 4.33. The number of hydrogen-bond acceptors (Lipinski definition) is 5. The van der Waals surface area contributed by atoms with Gasteiger partial charge in [-0.3, -0.25) is 4.90 Å². The summed E-state index contributed by atoms with van der Waals surface area (Å²) in [6.07, 6.45) is 2.73. The van der Waals surface area contributed by atoms with Crippen LogP contribution >= 0.6 is 0 Å². The van der Waals surface area contributed by atoms with E-state index in [-0.39, 0.29) is 11.7 Å². The fourth-order valence-corrected chi connectivity index (χ4v) is 3.21. The maximum absolute atomic E-state index is 11.0. The van der Waals surface area contributed by atoms with Crippen molar-refractivity contribution in [3.05, 3.63) is 23.2 Å². The zero-order valence-corrected chi connectivity index (χ0v) is 12.3. The van der Waals surface area contributed by atoms with Crippen molar-refractivity contribution in [2.75, 3.05) is 26.2 Å². The van der Waals surface area contributed by atoms with Gasteiger partial charge < -0.3 is 19.6 Å². The minimum atomic E-state index is -0.946. The number of nitrogens with one attached hydrogen (secondary N) is 1. The van der Waals surface area contributed by atoms with Crippen LogP contribution in [-0.2, 0) is 11.3 Å². The molecule has 0 aliphatic carbocycles. The Kier molecular flexibility index (Phi) is 4.28. The Balaban J connectivity index is 1.46. The van der Waals surface area contributed by atoms with Crippen molar-refractivity contribution in [3.63, 3.8) is 0 Å². The summed E-state index contributed by atoms with van der Waals surface area (Å²) in [5.74, 6) is 0.158. The number of furan rings is 1. The van der Waals surface area contributed by atoms with Crippen LogP contribution in [0.25, 0.3) is 0 Å². The molecule has 0 spiro atoms. The third-order valence-electron chi connectivity index (χ3n) is 4.33. The van der Waals surface area contributed by atoms with E-state index in [1.54, 1.807) is 13.0 Å². The van der Waals surface area contributed by atoms with Crippen molar-refractivity contribution in [1.29, 1.82) is 0 Å². The second-order valence-corrected chi connectivity index (χ2v) is 5.86. The Morgan fingerprint density at radius 3 is 3.19 bits per heavy atom. The number of morpholine rings is 1. The Labute approximate surface area is 124 Å². The number of fused-ring (bicyclic) bond motifs is 1. The van der Waals surface area contributed by atoms with E-state index < -0.39 is 5.97 Å². The lowest BCUT2D eigenvalue weighted by Crippen LogP contribution is -2.49. The molecular formula is C15H22N2O4. The van der Waals surface area contributed by atoms with E-state index in [0.29, 0.717) is 24.1 Å². The van der Waals surface area contributed by atoms with Gasteiger partial charge in [0, 0.05) is 19.1 Å². The number of aromatic carboxylic acids is 1. The Hall–Kier alpha value is -1.37. The predicted molar refractivity (Wildman–Crippen MR) is 76.4 cm³/mol. The van der Waals surface area contributed by atoms with Crippen LogP contribution in [0.4, 0.5) is 0 Å². The van der Waals surface area contributed by atoms with Gasteiger partial charge in [-0.15, -0.1) is 0 Å². The molecule has 0 radical (unpaired) electrons. The lowest BCUT2D eigenvalue weighted by atomic mass is 10.2. The molecule has 2 saturated heterocycles. The Bertz CT molecular complexity index is 514. The van der Waals surface area contributed by atoms with Crippen LogP contribution in [0, 0.1) is 6.92 Å². The van der Waals surface area contributed by atoms with E-state index in [1.165, 1.54) is 19.4 Å². The molecule has 116 valence electrons. The molecule has 2 unspecified atom stereocenters. The van der Waals surface area contributed by atoms with Crippen molar-refractivity contribution < 1.29 is 19.1 Å². The molecule has 2 aliphatic rings. The molecule has 1 aromatic rings. The smallest absolute Gasteiger partial charge is 0.339 e. The maximum atomic E-state index is 11.0. The average molecular weight is 294 g/mol. The van der Waals surface area contributed by atoms with Gasteiger partial charge in [-0.05, 0) is 32.4 Å². The van der Waals surface area contributed by atoms with Crippen molar-refractivity contribution >= 4 is 5.97 Å². The first-order chi connectivity index (χ1) is 10.1. The van der Waals surface area contributed by atoms with Crippen LogP contribution in [0.3, 0.4) is 0 Å². The fraction of sp³-hybridized carbons (Fsp3) is 0.667. The number of nitrogens with zero attached hydrogens (tertiary/aromatic N) is 1. The van der Waals surface area contributed by atoms with Gasteiger partial charge in [0.25, 0.3) is 0 Å². The van der Waals surface area contributed by atoms with Crippen molar-refractivity contribution in [2.45, 2.75) is 38.5 Å². The average Bonchev–Trinajstić information content (AvgIpc) is 3.04. The SMILES string of the molecule is Cc1oc(CNCC2CN3CCCC3CO2)cc1C(=O)O. The summed E-state index contributed by atoms with van der Waals surface area (Å²) in [6.45, 7) is 5.95. The molecule has 21 heavy (non-hydrogen) atoms. The summed E-state index contributed by atoms with van der Waals surface area (Å²) < 4.78 is 11.3. The molecule has 2 fully saturated rings. The Morgan fingerprint density at radius 2 is 2.43 bits per heavy atom. The summed E-state index contributed by atoms with van der Waals surface area (Å²) >= 11 is 0. The fourth-order valence-electron chi connectivity index (χ4n) is 3.21. The third kappa shape index (κ3) is 3.28. The van der Waals surface area contributed by atoms with E-state index in [0.717, 1.165) is 19.7 Å². The molecule has 0 amide bonds. The first kappa shape index (κ1) is 14.6. The molecule has 1 aromatic heterocycles. The standard InChI is InChI=1S/C15H22N2O4/c1-10-14(15(18)19)5-12(21-10)6-16-7-13-8-17-4-2-3-11(17)9-20-13/h5,11,13,16H,2-4,6-9H2,1H3,(H,18,19). The first-order valence-corrected chi connectivity index (χ1v) is 7.52. The monoisotopic (exact) mass is 294 g/mol. The molecule has 6 nitrogen and oxygen atoms in total. The van der Waals surface area contributed by atoms with Crippen LogP contribution < -0.4 is 5.32 Å². The largest absolute Gasteiger partial charge is 0.478 e. The van der Waals surface area contributed by atoms with Crippen LogP contribution in [0.15, 0.2) is 10.5 Å². The molecule has 0 saturated carbocycles. The van der Waals surface area contributed by atoms with Crippen LogP contribution in [0.2, 0.25) is 0 Å². The minimum Gasteiger partial charge on any atom is -0.478 e.